The Hall–Kier alpha value is -2.12. The summed E-state index contributed by atoms with van der Waals surface area (Å²) >= 11 is 0. The van der Waals surface area contributed by atoms with Gasteiger partial charge in [0.2, 0.25) is 0 Å². The molecule has 29 heavy (non-hydrogen) atoms. The van der Waals surface area contributed by atoms with Crippen molar-refractivity contribution >= 4 is 16.9 Å². The number of morpholine rings is 1. The number of benzene rings is 1. The quantitative estimate of drug-likeness (QED) is 0.468. The molecule has 0 aliphatic carbocycles. The van der Waals surface area contributed by atoms with Gasteiger partial charge in [0.25, 0.3) is 0 Å². The summed E-state index contributed by atoms with van der Waals surface area (Å²) in [7, 11) is 0. The van der Waals surface area contributed by atoms with E-state index in [-0.39, 0.29) is 5.82 Å². The Morgan fingerprint density at radius 3 is 2.79 bits per heavy atom. The molecule has 1 atom stereocenters. The number of nitrogens with one attached hydrogen (secondary N) is 3. The van der Waals surface area contributed by atoms with Gasteiger partial charge < -0.3 is 20.4 Å². The fourth-order valence-electron chi connectivity index (χ4n) is 3.86. The molecule has 0 spiro atoms. The number of rotatable bonds is 8. The predicted octanol–water partition coefficient (Wildman–Crippen LogP) is 2.76. The van der Waals surface area contributed by atoms with Gasteiger partial charge in [-0.25, -0.2) is 4.39 Å². The second-order valence-corrected chi connectivity index (χ2v) is 7.86. The van der Waals surface area contributed by atoms with Crippen LogP contribution >= 0.6 is 0 Å². The molecule has 1 unspecified atom stereocenters. The summed E-state index contributed by atoms with van der Waals surface area (Å²) in [6.07, 6.45) is 2.80. The van der Waals surface area contributed by atoms with Crippen molar-refractivity contribution in [2.45, 2.75) is 33.2 Å². The van der Waals surface area contributed by atoms with Crippen LogP contribution in [0.25, 0.3) is 10.9 Å². The first-order valence-electron chi connectivity index (χ1n) is 10.7. The third-order valence-corrected chi connectivity index (χ3v) is 5.48. The lowest BCUT2D eigenvalue weighted by atomic mass is 10.0. The third-order valence-electron chi connectivity index (χ3n) is 5.48. The summed E-state index contributed by atoms with van der Waals surface area (Å²) in [5, 5.41) is 7.85. The Bertz CT molecular complexity index is 798. The number of halogens is 1. The standard InChI is InChI=1S/C22H34FN5O/c1-4-24-22(27-15-21(16(2)3)28-9-11-29-12-10-28)25-8-7-17-14-26-20-13-18(23)5-6-19(17)20/h5-6,13-14,16,21,26H,4,7-12,15H2,1-3H3,(H2,24,25,27). The Morgan fingerprint density at radius 1 is 1.28 bits per heavy atom. The Labute approximate surface area is 172 Å². The van der Waals surface area contributed by atoms with Crippen molar-refractivity contribution in [1.82, 2.24) is 20.5 Å². The maximum Gasteiger partial charge on any atom is 0.191 e. The highest BCUT2D eigenvalue weighted by molar-refractivity contribution is 5.83. The minimum absolute atomic E-state index is 0.217. The number of hydrogen-bond donors (Lipinski definition) is 3. The SMILES string of the molecule is CCNC(=NCC(C(C)C)N1CCOCC1)NCCc1c[nH]c2cc(F)ccc12. The summed E-state index contributed by atoms with van der Waals surface area (Å²) in [4.78, 5) is 10.5. The number of nitrogens with zero attached hydrogens (tertiary/aromatic N) is 2. The summed E-state index contributed by atoms with van der Waals surface area (Å²) in [5.41, 5.74) is 2.02. The van der Waals surface area contributed by atoms with Gasteiger partial charge in [-0.05, 0) is 43.0 Å². The molecule has 1 fully saturated rings. The van der Waals surface area contributed by atoms with Crippen LogP contribution in [0, 0.1) is 11.7 Å². The number of H-pyrrole nitrogens is 1. The van der Waals surface area contributed by atoms with Gasteiger partial charge in [-0.1, -0.05) is 13.8 Å². The Kier molecular flexibility index (Phi) is 7.89. The number of guanidine groups is 1. The van der Waals surface area contributed by atoms with Crippen molar-refractivity contribution in [1.29, 1.82) is 0 Å². The molecule has 160 valence electrons. The lowest BCUT2D eigenvalue weighted by Crippen LogP contribution is -2.48. The lowest BCUT2D eigenvalue weighted by Gasteiger charge is -2.36. The molecule has 0 radical (unpaired) electrons. The molecule has 0 bridgehead atoms. The zero-order chi connectivity index (χ0) is 20.6. The van der Waals surface area contributed by atoms with Crippen LogP contribution in [0.1, 0.15) is 26.3 Å². The minimum Gasteiger partial charge on any atom is -0.379 e. The Balaban J connectivity index is 1.58. The molecule has 1 aromatic heterocycles. The highest BCUT2D eigenvalue weighted by Crippen LogP contribution is 2.19. The molecule has 1 aromatic carbocycles. The molecule has 1 aliphatic rings. The van der Waals surface area contributed by atoms with Crippen molar-refractivity contribution in [3.8, 4) is 0 Å². The van der Waals surface area contributed by atoms with Crippen molar-refractivity contribution < 1.29 is 9.13 Å². The van der Waals surface area contributed by atoms with Crippen LogP contribution in [0.2, 0.25) is 0 Å². The van der Waals surface area contributed by atoms with Crippen molar-refractivity contribution in [3.63, 3.8) is 0 Å². The van der Waals surface area contributed by atoms with E-state index in [4.69, 9.17) is 9.73 Å². The van der Waals surface area contributed by atoms with E-state index in [1.807, 2.05) is 12.3 Å². The van der Waals surface area contributed by atoms with Crippen molar-refractivity contribution in [2.75, 3.05) is 45.9 Å². The average molecular weight is 404 g/mol. The molecular weight excluding hydrogens is 369 g/mol. The van der Waals surface area contributed by atoms with Gasteiger partial charge >= 0.3 is 0 Å². The van der Waals surface area contributed by atoms with Gasteiger partial charge in [0.1, 0.15) is 5.82 Å². The highest BCUT2D eigenvalue weighted by Gasteiger charge is 2.23. The van der Waals surface area contributed by atoms with E-state index in [1.165, 1.54) is 17.7 Å². The zero-order valence-electron chi connectivity index (χ0n) is 17.8. The molecule has 0 saturated carbocycles. The van der Waals surface area contributed by atoms with Gasteiger partial charge in [-0.3, -0.25) is 9.89 Å². The van der Waals surface area contributed by atoms with Crippen LogP contribution in [0.15, 0.2) is 29.4 Å². The number of ether oxygens (including phenoxy) is 1. The van der Waals surface area contributed by atoms with E-state index in [0.29, 0.717) is 12.0 Å². The normalized spacial score (nSPS) is 17.1. The fraction of sp³-hybridized carbons (Fsp3) is 0.591. The summed E-state index contributed by atoms with van der Waals surface area (Å²) in [6.45, 7) is 12.5. The number of aromatic nitrogens is 1. The molecule has 1 aliphatic heterocycles. The number of hydrogen-bond acceptors (Lipinski definition) is 3. The van der Waals surface area contributed by atoms with Gasteiger partial charge in [-0.15, -0.1) is 0 Å². The van der Waals surface area contributed by atoms with Crippen LogP contribution in [0.4, 0.5) is 4.39 Å². The molecule has 1 saturated heterocycles. The van der Waals surface area contributed by atoms with Gasteiger partial charge in [-0.2, -0.15) is 0 Å². The monoisotopic (exact) mass is 403 g/mol. The second-order valence-electron chi connectivity index (χ2n) is 7.86. The molecule has 2 heterocycles. The maximum atomic E-state index is 13.4. The average Bonchev–Trinajstić information content (AvgIpc) is 3.10. The number of aliphatic imine (C=N–C) groups is 1. The van der Waals surface area contributed by atoms with Gasteiger partial charge in [0, 0.05) is 49.3 Å². The number of fused-ring (bicyclic) bond motifs is 1. The molecule has 3 rings (SSSR count). The smallest absolute Gasteiger partial charge is 0.191 e. The van der Waals surface area contributed by atoms with Crippen LogP contribution in [-0.4, -0.2) is 67.8 Å². The fourth-order valence-corrected chi connectivity index (χ4v) is 3.86. The van der Waals surface area contributed by atoms with Crippen LogP contribution < -0.4 is 10.6 Å². The van der Waals surface area contributed by atoms with E-state index < -0.39 is 0 Å². The van der Waals surface area contributed by atoms with Gasteiger partial charge in [0.15, 0.2) is 5.96 Å². The number of aromatic amines is 1. The first-order chi connectivity index (χ1) is 14.1. The first kappa shape index (κ1) is 21.6. The zero-order valence-corrected chi connectivity index (χ0v) is 17.8. The summed E-state index contributed by atoms with van der Waals surface area (Å²) < 4.78 is 18.9. The summed E-state index contributed by atoms with van der Waals surface area (Å²) in [6, 6.07) is 5.30. The predicted molar refractivity (Wildman–Crippen MR) is 117 cm³/mol. The second kappa shape index (κ2) is 10.6. The highest BCUT2D eigenvalue weighted by atomic mass is 19.1. The molecule has 2 aromatic rings. The van der Waals surface area contributed by atoms with E-state index >= 15 is 0 Å². The minimum atomic E-state index is -0.217. The molecule has 6 nitrogen and oxygen atoms in total. The third kappa shape index (κ3) is 5.93. The van der Waals surface area contributed by atoms with Crippen LogP contribution in [-0.2, 0) is 11.2 Å². The van der Waals surface area contributed by atoms with E-state index in [1.54, 1.807) is 0 Å². The molecule has 3 N–H and O–H groups in total. The topological polar surface area (TPSA) is 64.7 Å². The van der Waals surface area contributed by atoms with E-state index in [2.05, 4.69) is 41.3 Å². The van der Waals surface area contributed by atoms with Crippen LogP contribution in [0.3, 0.4) is 0 Å². The van der Waals surface area contributed by atoms with Crippen molar-refractivity contribution in [3.05, 3.63) is 35.8 Å². The molecular formula is C22H34FN5O. The lowest BCUT2D eigenvalue weighted by molar-refractivity contribution is 0.00867. The molecule has 7 heteroatoms. The maximum absolute atomic E-state index is 13.4. The van der Waals surface area contributed by atoms with Crippen molar-refractivity contribution in [2.24, 2.45) is 10.9 Å². The summed E-state index contributed by atoms with van der Waals surface area (Å²) in [5.74, 6) is 1.16. The van der Waals surface area contributed by atoms with E-state index in [0.717, 1.165) is 69.2 Å². The van der Waals surface area contributed by atoms with Crippen LogP contribution in [0.5, 0.6) is 0 Å². The Morgan fingerprint density at radius 2 is 2.07 bits per heavy atom. The largest absolute Gasteiger partial charge is 0.379 e. The molecule has 0 amide bonds. The van der Waals surface area contributed by atoms with Gasteiger partial charge in [0.05, 0.1) is 19.8 Å². The first-order valence-corrected chi connectivity index (χ1v) is 10.7. The van der Waals surface area contributed by atoms with E-state index in [9.17, 15) is 4.39 Å².